The molecular formula is C100H141ClN20O18S2Si2. The van der Waals surface area contributed by atoms with Gasteiger partial charge in [-0.2, -0.15) is 29.8 Å². The quantitative estimate of drug-likeness (QED) is 0.00660. The van der Waals surface area contributed by atoms with Crippen molar-refractivity contribution >= 4 is 94.3 Å². The summed E-state index contributed by atoms with van der Waals surface area (Å²) in [5.74, 6) is 14.0. The molecule has 8 aromatic rings. The predicted octanol–water partition coefficient (Wildman–Crippen LogP) is 12.7. The molecule has 0 radical (unpaired) electrons. The first-order chi connectivity index (χ1) is 67.6. The average molecular weight is 2070 g/mol. The van der Waals surface area contributed by atoms with E-state index in [1.807, 2.05) is 179 Å². The Morgan fingerprint density at radius 1 is 0.462 bits per heavy atom. The van der Waals surface area contributed by atoms with Crippen LogP contribution in [0.1, 0.15) is 151 Å². The SMILES string of the molecule is CN(C)S(=O)(=O)Cl.COC(=O)N[C@H](C(=O)N1CCC[C@H]1c1ncc(-c2ccc(C#Cc3ccc(-c4cnc([C@@H]5CN(S(=O)(=O)N(C)C)CCN5C(=O)[C@@H](NC(=O)OC)C(C)C)[nH]4)cc3)cc2)[nH]1)C(C)C.COC(=O)N[C@H](C(=O)N1CCNC[C@H]1c1nc(-c2ccc(C#Cc3ccc(-c4cnc([C@@H]5CCCN5C(=O)[C@@H](NC(=O)OC)C(C)C)n4COCC[Si](C)(C)C)cc3)cc2)cn1COCC[Si](C)(C)C)C(C)C. The lowest BCUT2D eigenvalue weighted by Crippen LogP contribution is -2.59. The van der Waals surface area contributed by atoms with Crippen molar-refractivity contribution in [1.29, 1.82) is 0 Å². The van der Waals surface area contributed by atoms with E-state index in [0.29, 0.717) is 69.1 Å². The number of H-pyrrole nitrogens is 2. The van der Waals surface area contributed by atoms with Crippen LogP contribution in [0, 0.1) is 47.4 Å². The van der Waals surface area contributed by atoms with Crippen LogP contribution in [-0.2, 0) is 80.5 Å². The molecule has 4 aliphatic rings. The van der Waals surface area contributed by atoms with Crippen molar-refractivity contribution in [2.75, 3.05) is 122 Å². The lowest BCUT2D eigenvalue weighted by atomic mass is 10.0. The summed E-state index contributed by atoms with van der Waals surface area (Å²) in [6, 6.07) is 28.7. The van der Waals surface area contributed by atoms with E-state index in [2.05, 4.69) is 114 Å². The monoisotopic (exact) mass is 2060 g/mol. The van der Waals surface area contributed by atoms with E-state index in [-0.39, 0.29) is 92.5 Å². The van der Waals surface area contributed by atoms with E-state index in [1.54, 1.807) is 22.2 Å². The maximum absolute atomic E-state index is 14.2. The molecule has 0 bridgehead atoms. The molecule has 4 aromatic heterocycles. The van der Waals surface area contributed by atoms with Crippen molar-refractivity contribution < 1.29 is 83.6 Å². The zero-order valence-electron chi connectivity index (χ0n) is 86.1. The number of aromatic amines is 2. The molecule has 4 aromatic carbocycles. The zero-order chi connectivity index (χ0) is 105. The van der Waals surface area contributed by atoms with Gasteiger partial charge in [-0.05, 0) is 127 Å². The molecule has 0 unspecified atom stereocenters. The molecule has 8 heterocycles. The number of ether oxygens (including phenoxy) is 6. The summed E-state index contributed by atoms with van der Waals surface area (Å²) in [5.41, 5.74) is 9.93. The number of piperazine rings is 2. The lowest BCUT2D eigenvalue weighted by molar-refractivity contribution is -0.139. The summed E-state index contributed by atoms with van der Waals surface area (Å²) < 4.78 is 85.7. The van der Waals surface area contributed by atoms with Crippen LogP contribution in [0.2, 0.25) is 51.4 Å². The van der Waals surface area contributed by atoms with Gasteiger partial charge < -0.3 is 93.7 Å². The van der Waals surface area contributed by atoms with Gasteiger partial charge in [-0.15, -0.1) is 0 Å². The first kappa shape index (κ1) is 113. The van der Waals surface area contributed by atoms with E-state index in [0.717, 1.165) is 114 Å². The van der Waals surface area contributed by atoms with Crippen LogP contribution < -0.4 is 26.6 Å². The van der Waals surface area contributed by atoms with Crippen LogP contribution in [0.3, 0.4) is 0 Å². The molecule has 4 aliphatic heterocycles. The van der Waals surface area contributed by atoms with Crippen LogP contribution in [0.5, 0.6) is 0 Å². The van der Waals surface area contributed by atoms with E-state index in [9.17, 15) is 55.2 Å². The third kappa shape index (κ3) is 30.9. The van der Waals surface area contributed by atoms with Gasteiger partial charge >= 0.3 is 24.4 Å². The number of aromatic nitrogens is 8. The first-order valence-corrected chi connectivity index (χ1v) is 59.2. The van der Waals surface area contributed by atoms with Gasteiger partial charge in [0.25, 0.3) is 19.4 Å². The largest absolute Gasteiger partial charge is 0.453 e. The Labute approximate surface area is 847 Å². The minimum atomic E-state index is -3.80. The Kier molecular flexibility index (Phi) is 40.4. The molecule has 7 N–H and O–H groups in total. The summed E-state index contributed by atoms with van der Waals surface area (Å²) in [5, 5.41) is 14.3. The molecule has 0 aliphatic carbocycles. The van der Waals surface area contributed by atoms with Gasteiger partial charge in [-0.25, -0.2) is 39.1 Å². The molecule has 143 heavy (non-hydrogen) atoms. The molecule has 776 valence electrons. The Hall–Kier alpha value is -11.8. The first-order valence-electron chi connectivity index (χ1n) is 48.1. The summed E-state index contributed by atoms with van der Waals surface area (Å²) >= 11 is 0. The fourth-order valence-electron chi connectivity index (χ4n) is 16.6. The molecule has 4 fully saturated rings. The molecule has 12 rings (SSSR count). The number of imidazole rings is 4. The van der Waals surface area contributed by atoms with Gasteiger partial charge in [0.05, 0.1) is 81.9 Å². The second kappa shape index (κ2) is 51.1. The van der Waals surface area contributed by atoms with Gasteiger partial charge in [0.15, 0.2) is 0 Å². The number of carbonyl (C=O) groups excluding carboxylic acids is 8. The van der Waals surface area contributed by atoms with Crippen LogP contribution in [0.25, 0.3) is 45.0 Å². The number of amides is 8. The number of nitrogens with zero attached hydrogens (tertiary/aromatic N) is 13. The van der Waals surface area contributed by atoms with Gasteiger partial charge in [-0.3, -0.25) is 19.2 Å². The summed E-state index contributed by atoms with van der Waals surface area (Å²) in [4.78, 5) is 137. The number of benzene rings is 4. The summed E-state index contributed by atoms with van der Waals surface area (Å²) in [7, 11) is 5.59. The Bertz CT molecular complexity index is 6040. The Morgan fingerprint density at radius 3 is 1.22 bits per heavy atom. The molecule has 38 nitrogen and oxygen atoms in total. The molecule has 43 heteroatoms. The normalized spacial score (nSPS) is 17.2. The third-order valence-electron chi connectivity index (χ3n) is 25.0. The van der Waals surface area contributed by atoms with Crippen molar-refractivity contribution in [3.05, 3.63) is 167 Å². The fourth-order valence-corrected chi connectivity index (χ4v) is 19.2. The van der Waals surface area contributed by atoms with Gasteiger partial charge in [0, 0.05) is 155 Å². The number of rotatable bonds is 33. The third-order valence-corrected chi connectivity index (χ3v) is 32.0. The van der Waals surface area contributed by atoms with Gasteiger partial charge in [-0.1, -0.05) is 167 Å². The second-order valence-electron chi connectivity index (χ2n) is 39.7. The summed E-state index contributed by atoms with van der Waals surface area (Å²) in [6.07, 6.45) is 7.71. The molecular weight excluding hydrogens is 1920 g/mol. The highest BCUT2D eigenvalue weighted by Crippen LogP contribution is 2.39. The van der Waals surface area contributed by atoms with Gasteiger partial charge in [0.2, 0.25) is 23.6 Å². The zero-order valence-corrected chi connectivity index (χ0v) is 90.4. The number of likely N-dealkylation sites (tertiary alicyclic amines) is 2. The predicted molar refractivity (Wildman–Crippen MR) is 552 cm³/mol. The van der Waals surface area contributed by atoms with Crippen LogP contribution >= 0.6 is 10.7 Å². The number of carbonyl (C=O) groups is 8. The van der Waals surface area contributed by atoms with E-state index >= 15 is 0 Å². The van der Waals surface area contributed by atoms with Crippen molar-refractivity contribution in [3.8, 4) is 68.7 Å². The summed E-state index contributed by atoms with van der Waals surface area (Å²) in [6.45, 7) is 33.6. The Balaban J connectivity index is 0.000000278. The molecule has 0 saturated carbocycles. The van der Waals surface area contributed by atoms with Crippen molar-refractivity contribution in [2.24, 2.45) is 23.7 Å². The number of methoxy groups -OCH3 is 4. The maximum Gasteiger partial charge on any atom is 0.407 e. The Morgan fingerprint density at radius 2 is 0.832 bits per heavy atom. The van der Waals surface area contributed by atoms with Crippen molar-refractivity contribution in [3.63, 3.8) is 0 Å². The number of alkyl carbamates (subject to hydrolysis) is 4. The minimum Gasteiger partial charge on any atom is -0.453 e. The van der Waals surface area contributed by atoms with Crippen LogP contribution in [-0.4, -0.2) is 299 Å². The number of hydrogen-bond acceptors (Lipinski definition) is 23. The molecule has 8 amide bonds. The number of nitrogens with one attached hydrogen (secondary N) is 7. The lowest BCUT2D eigenvalue weighted by Gasteiger charge is -2.42. The number of halogens is 1. The average Bonchev–Trinajstić information content (AvgIpc) is 1.75. The smallest absolute Gasteiger partial charge is 0.407 e. The van der Waals surface area contributed by atoms with E-state index < -0.39 is 96.2 Å². The van der Waals surface area contributed by atoms with E-state index in [1.165, 1.54) is 60.9 Å². The van der Waals surface area contributed by atoms with Crippen LogP contribution in [0.4, 0.5) is 19.2 Å². The highest BCUT2D eigenvalue weighted by molar-refractivity contribution is 8.11. The topological polar surface area (TPSA) is 436 Å². The van der Waals surface area contributed by atoms with Crippen LogP contribution in [0.15, 0.2) is 122 Å². The molecule has 4 saturated heterocycles. The van der Waals surface area contributed by atoms with Crippen molar-refractivity contribution in [2.45, 2.75) is 194 Å². The molecule has 0 spiro atoms. The van der Waals surface area contributed by atoms with E-state index in [4.69, 9.17) is 49.1 Å². The fraction of sp³-hybridized carbons (Fsp3) is 0.520. The minimum absolute atomic E-state index is 0.0417. The number of hydrogen-bond donors (Lipinski definition) is 7. The standard InChI is InChI=1S/C54H79N9O8Si2.C44H56N10O8S.C2H6ClNO2S/c1-37(2)47(58-53(66)68-5)51(64)61-26-13-14-44(61)49-56-33-45(63(49)36-71-29-31-73(10,11)12)42-23-19-40(20-24-42)16-15-39-17-21-41(22-18-39)43-34-60(35-70-28-30-72(7,8)9)50(57-43)46-32-55-25-27-62(46)52(65)48(38(3)4)59-54(67)69-6;1-27(2)37(49-43(57)61-7)41(55)53-21-9-10-35(53)39-45-24-33(47-39)31-17-13-29(14-18-31)11-12-30-15-19-32(20-16-30)34-25-46-40(48-34)36-26-52(63(59,60)51(5)6)22-23-54(36)42(56)38(28(3)4)50-44(58)62-8;1-4(2)7(3,5)6/h17-24,33-34,37-38,44,46-48,55H,13-14,25-32,35-36H2,1-12H3,(H,58,66)(H,59,67);13-20,24-25,27-28,35-38H,9-10,21-23,26H2,1-8H3,(H,45,47)(H,46,48)(H,49,57)(H,50,58);1-2H3/t44-,46-,47-,48-;35-,36-,37-,38-;/m00./s1. The second-order valence-corrected chi connectivity index (χ2v) is 55.8. The maximum atomic E-state index is 14.2. The van der Waals surface area contributed by atoms with Gasteiger partial charge in [0.1, 0.15) is 73.0 Å². The highest BCUT2D eigenvalue weighted by Gasteiger charge is 2.45. The molecule has 8 atom stereocenters. The van der Waals surface area contributed by atoms with Crippen molar-refractivity contribution in [1.82, 2.24) is 98.1 Å². The highest BCUT2D eigenvalue weighted by atomic mass is 35.7.